The molecule has 106 valence electrons. The van der Waals surface area contributed by atoms with E-state index in [0.717, 1.165) is 15.8 Å². The van der Waals surface area contributed by atoms with Gasteiger partial charge in [-0.1, -0.05) is 54.9 Å². The molecular weight excluding hydrogens is 316 g/mol. The molecule has 0 aliphatic heterocycles. The number of ether oxygens (including phenoxy) is 1. The third-order valence-electron chi connectivity index (χ3n) is 3.13. The van der Waals surface area contributed by atoms with Crippen LogP contribution in [-0.4, -0.2) is 5.11 Å². The topological polar surface area (TPSA) is 29.5 Å². The minimum Gasteiger partial charge on any atom is -0.457 e. The maximum atomic E-state index is 9.38. The fraction of sp³-hybridized carbons (Fsp3) is 0.294. The molecule has 0 atom stereocenters. The van der Waals surface area contributed by atoms with Crippen LogP contribution in [0.2, 0.25) is 0 Å². The first-order valence-corrected chi connectivity index (χ1v) is 7.37. The third kappa shape index (κ3) is 3.62. The lowest BCUT2D eigenvalue weighted by atomic mass is 9.87. The second-order valence-electron chi connectivity index (χ2n) is 5.79. The monoisotopic (exact) mass is 334 g/mol. The molecule has 0 aliphatic rings. The lowest BCUT2D eigenvalue weighted by Crippen LogP contribution is -2.10. The summed E-state index contributed by atoms with van der Waals surface area (Å²) >= 11 is 3.42. The summed E-state index contributed by atoms with van der Waals surface area (Å²) in [5, 5.41) is 9.38. The Kier molecular flexibility index (Phi) is 4.51. The molecule has 0 aliphatic carbocycles. The van der Waals surface area contributed by atoms with Crippen molar-refractivity contribution < 1.29 is 9.84 Å². The molecule has 0 saturated carbocycles. The molecular formula is C17H19BrO2. The van der Waals surface area contributed by atoms with Crippen molar-refractivity contribution in [3.05, 3.63) is 58.1 Å². The molecule has 3 heteroatoms. The zero-order chi connectivity index (χ0) is 14.8. The highest BCUT2D eigenvalue weighted by molar-refractivity contribution is 9.10. The summed E-state index contributed by atoms with van der Waals surface area (Å²) in [7, 11) is 0. The third-order valence-corrected chi connectivity index (χ3v) is 3.62. The average molecular weight is 335 g/mol. The molecule has 0 unspecified atom stereocenters. The zero-order valence-corrected chi connectivity index (χ0v) is 13.6. The van der Waals surface area contributed by atoms with Gasteiger partial charge in [0.05, 0.1) is 6.61 Å². The van der Waals surface area contributed by atoms with Crippen molar-refractivity contribution >= 4 is 15.9 Å². The van der Waals surface area contributed by atoms with Gasteiger partial charge in [0.2, 0.25) is 0 Å². The van der Waals surface area contributed by atoms with Crippen molar-refractivity contribution in [1.29, 1.82) is 0 Å². The quantitative estimate of drug-likeness (QED) is 0.852. The number of halogens is 1. The van der Waals surface area contributed by atoms with E-state index >= 15 is 0 Å². The molecule has 0 fully saturated rings. The van der Waals surface area contributed by atoms with E-state index in [-0.39, 0.29) is 12.0 Å². The highest BCUT2D eigenvalue weighted by Gasteiger charge is 2.14. The van der Waals surface area contributed by atoms with Crippen molar-refractivity contribution in [2.75, 3.05) is 0 Å². The second kappa shape index (κ2) is 5.98. The molecule has 0 amide bonds. The number of hydrogen-bond acceptors (Lipinski definition) is 2. The molecule has 0 spiro atoms. The van der Waals surface area contributed by atoms with Gasteiger partial charge in [0.1, 0.15) is 11.5 Å². The van der Waals surface area contributed by atoms with Crippen LogP contribution in [0.25, 0.3) is 0 Å². The Morgan fingerprint density at radius 1 is 1.10 bits per heavy atom. The normalized spacial score (nSPS) is 11.4. The summed E-state index contributed by atoms with van der Waals surface area (Å²) in [6.07, 6.45) is 0. The molecule has 2 aromatic rings. The van der Waals surface area contributed by atoms with Crippen molar-refractivity contribution in [2.45, 2.75) is 32.8 Å². The van der Waals surface area contributed by atoms with Crippen LogP contribution >= 0.6 is 15.9 Å². The highest BCUT2D eigenvalue weighted by atomic mass is 79.9. The Hall–Kier alpha value is -1.32. The van der Waals surface area contributed by atoms with E-state index in [1.807, 2.05) is 36.4 Å². The van der Waals surface area contributed by atoms with Crippen LogP contribution < -0.4 is 4.74 Å². The number of aliphatic hydroxyl groups is 1. The summed E-state index contributed by atoms with van der Waals surface area (Å²) in [5.74, 6) is 1.46. The smallest absolute Gasteiger partial charge is 0.134 e. The lowest BCUT2D eigenvalue weighted by Gasteiger charge is -2.20. The Labute approximate surface area is 128 Å². The van der Waals surface area contributed by atoms with E-state index in [1.165, 1.54) is 5.56 Å². The van der Waals surface area contributed by atoms with E-state index in [0.29, 0.717) is 5.75 Å². The summed E-state index contributed by atoms with van der Waals surface area (Å²) in [5.41, 5.74) is 2.07. The molecule has 2 nitrogen and oxygen atoms in total. The van der Waals surface area contributed by atoms with Gasteiger partial charge in [0, 0.05) is 10.0 Å². The Morgan fingerprint density at radius 3 is 2.50 bits per heavy atom. The molecule has 0 aromatic heterocycles. The van der Waals surface area contributed by atoms with Crippen LogP contribution in [0.1, 0.15) is 31.9 Å². The van der Waals surface area contributed by atoms with Gasteiger partial charge in [0.25, 0.3) is 0 Å². The predicted molar refractivity (Wildman–Crippen MR) is 85.3 cm³/mol. The van der Waals surface area contributed by atoms with Gasteiger partial charge < -0.3 is 9.84 Å². The van der Waals surface area contributed by atoms with Crippen LogP contribution in [-0.2, 0) is 12.0 Å². The van der Waals surface area contributed by atoms with Crippen LogP contribution in [0.15, 0.2) is 46.9 Å². The number of rotatable bonds is 3. The van der Waals surface area contributed by atoms with Crippen LogP contribution in [0, 0.1) is 0 Å². The van der Waals surface area contributed by atoms with Crippen molar-refractivity contribution in [2.24, 2.45) is 0 Å². The van der Waals surface area contributed by atoms with E-state index in [2.05, 4.69) is 42.8 Å². The molecule has 0 bridgehead atoms. The SMILES string of the molecule is CC(C)(C)c1cccc(Oc2cc(Br)ccc2CO)c1. The fourth-order valence-electron chi connectivity index (χ4n) is 1.91. The molecule has 2 rings (SSSR count). The summed E-state index contributed by atoms with van der Waals surface area (Å²) in [4.78, 5) is 0. The first-order valence-electron chi connectivity index (χ1n) is 6.58. The second-order valence-corrected chi connectivity index (χ2v) is 6.71. The highest BCUT2D eigenvalue weighted by Crippen LogP contribution is 2.31. The summed E-state index contributed by atoms with van der Waals surface area (Å²) in [6, 6.07) is 13.7. The van der Waals surface area contributed by atoms with Crippen molar-refractivity contribution in [3.8, 4) is 11.5 Å². The number of hydrogen-bond donors (Lipinski definition) is 1. The zero-order valence-electron chi connectivity index (χ0n) is 12.0. The Bertz CT molecular complexity index is 600. The van der Waals surface area contributed by atoms with E-state index < -0.39 is 0 Å². The van der Waals surface area contributed by atoms with Crippen LogP contribution in [0.5, 0.6) is 11.5 Å². The van der Waals surface area contributed by atoms with Gasteiger partial charge in [-0.3, -0.25) is 0 Å². The van der Waals surface area contributed by atoms with Gasteiger partial charge in [-0.05, 0) is 35.2 Å². The maximum absolute atomic E-state index is 9.38. The van der Waals surface area contributed by atoms with Crippen molar-refractivity contribution in [3.63, 3.8) is 0 Å². The van der Waals surface area contributed by atoms with Gasteiger partial charge in [-0.15, -0.1) is 0 Å². The average Bonchev–Trinajstić information content (AvgIpc) is 2.38. The van der Waals surface area contributed by atoms with Gasteiger partial charge in [0.15, 0.2) is 0 Å². The van der Waals surface area contributed by atoms with E-state index in [1.54, 1.807) is 0 Å². The molecule has 0 radical (unpaired) electrons. The lowest BCUT2D eigenvalue weighted by molar-refractivity contribution is 0.276. The van der Waals surface area contributed by atoms with Gasteiger partial charge in [-0.2, -0.15) is 0 Å². The fourth-order valence-corrected chi connectivity index (χ4v) is 2.25. The van der Waals surface area contributed by atoms with Crippen LogP contribution in [0.4, 0.5) is 0 Å². The standard InChI is InChI=1S/C17H19BrO2/c1-17(2,3)13-5-4-6-15(9-13)20-16-10-14(18)8-7-12(16)11-19/h4-10,19H,11H2,1-3H3. The molecule has 0 heterocycles. The largest absolute Gasteiger partial charge is 0.457 e. The number of benzene rings is 2. The first-order chi connectivity index (χ1) is 9.40. The Balaban J connectivity index is 2.33. The van der Waals surface area contributed by atoms with Gasteiger partial charge >= 0.3 is 0 Å². The molecule has 0 saturated heterocycles. The summed E-state index contributed by atoms with van der Waals surface area (Å²) in [6.45, 7) is 6.47. The van der Waals surface area contributed by atoms with Gasteiger partial charge in [-0.25, -0.2) is 0 Å². The summed E-state index contributed by atoms with van der Waals surface area (Å²) < 4.78 is 6.85. The van der Waals surface area contributed by atoms with Crippen LogP contribution in [0.3, 0.4) is 0 Å². The van der Waals surface area contributed by atoms with Crippen molar-refractivity contribution in [1.82, 2.24) is 0 Å². The van der Waals surface area contributed by atoms with E-state index in [9.17, 15) is 5.11 Å². The molecule has 2 aromatic carbocycles. The van der Waals surface area contributed by atoms with E-state index in [4.69, 9.17) is 4.74 Å². The maximum Gasteiger partial charge on any atom is 0.134 e. The predicted octanol–water partition coefficient (Wildman–Crippen LogP) is 5.03. The molecule has 1 N–H and O–H groups in total. The first kappa shape index (κ1) is 15.1. The molecule has 20 heavy (non-hydrogen) atoms. The minimum absolute atomic E-state index is 0.0401. The Morgan fingerprint density at radius 2 is 1.85 bits per heavy atom. The number of aliphatic hydroxyl groups excluding tert-OH is 1. The minimum atomic E-state index is -0.0401.